The molecule has 9 nitrogen and oxygen atoms in total. The molecule has 190 valence electrons. The lowest BCUT2D eigenvalue weighted by Crippen LogP contribution is -2.32. The topological polar surface area (TPSA) is 122 Å². The molecule has 11 heteroatoms. The number of tetrazole rings is 1. The minimum absolute atomic E-state index is 0.167. The van der Waals surface area contributed by atoms with Gasteiger partial charge in [0.25, 0.3) is 0 Å². The minimum Gasteiger partial charge on any atom is -0.481 e. The number of carbonyl (C=O) groups excluding carboxylic acids is 1. The van der Waals surface area contributed by atoms with Crippen molar-refractivity contribution in [2.75, 3.05) is 5.32 Å². The molecule has 2 atom stereocenters. The minimum atomic E-state index is -0.967. The van der Waals surface area contributed by atoms with Crippen molar-refractivity contribution in [3.05, 3.63) is 69.5 Å². The van der Waals surface area contributed by atoms with E-state index in [2.05, 4.69) is 26.2 Å². The van der Waals surface area contributed by atoms with Gasteiger partial charge in [-0.1, -0.05) is 60.7 Å². The molecule has 1 aromatic heterocycles. The van der Waals surface area contributed by atoms with Gasteiger partial charge in [-0.15, -0.1) is 5.10 Å². The molecule has 1 aliphatic rings. The number of anilines is 1. The molecule has 3 N–H and O–H groups in total. The standard InChI is InChI=1S/C25H28Cl2N6O3/c1-15(34)28-18-10-7-16(8-11-18)24(25-30-31-32-33(25)19-5-3-2-4-6-19)29-22(14-23(35)36)17-9-12-20(26)21(27)13-17/h7-13,19,22,24,29H,2-6,14H2,1H3,(H,28,34)(H,35,36). The molecule has 1 aliphatic carbocycles. The fraction of sp³-hybridized carbons (Fsp3) is 0.400. The third kappa shape index (κ3) is 6.40. The highest BCUT2D eigenvalue weighted by atomic mass is 35.5. The molecular weight excluding hydrogens is 503 g/mol. The van der Waals surface area contributed by atoms with Crippen LogP contribution in [0.4, 0.5) is 5.69 Å². The van der Waals surface area contributed by atoms with Crippen molar-refractivity contribution < 1.29 is 14.7 Å². The molecule has 3 aromatic rings. The van der Waals surface area contributed by atoms with E-state index >= 15 is 0 Å². The van der Waals surface area contributed by atoms with E-state index in [1.54, 1.807) is 30.3 Å². The van der Waals surface area contributed by atoms with Crippen molar-refractivity contribution in [3.63, 3.8) is 0 Å². The first-order valence-corrected chi connectivity index (χ1v) is 12.7. The summed E-state index contributed by atoms with van der Waals surface area (Å²) < 4.78 is 1.87. The molecule has 0 bridgehead atoms. The van der Waals surface area contributed by atoms with Crippen LogP contribution in [0.15, 0.2) is 42.5 Å². The van der Waals surface area contributed by atoms with Crippen molar-refractivity contribution >= 4 is 40.8 Å². The van der Waals surface area contributed by atoms with Gasteiger partial charge in [0, 0.05) is 18.7 Å². The van der Waals surface area contributed by atoms with E-state index in [-0.39, 0.29) is 18.4 Å². The first-order chi connectivity index (χ1) is 17.3. The highest BCUT2D eigenvalue weighted by molar-refractivity contribution is 6.42. The molecule has 1 heterocycles. The summed E-state index contributed by atoms with van der Waals surface area (Å²) in [6, 6.07) is 11.5. The van der Waals surface area contributed by atoms with Crippen LogP contribution in [-0.2, 0) is 9.59 Å². The normalized spacial score (nSPS) is 15.9. The predicted molar refractivity (Wildman–Crippen MR) is 137 cm³/mol. The number of hydrogen-bond donors (Lipinski definition) is 3. The second-order valence-corrected chi connectivity index (χ2v) is 9.81. The number of aromatic nitrogens is 4. The van der Waals surface area contributed by atoms with Gasteiger partial charge in [0.05, 0.1) is 28.5 Å². The number of rotatable bonds is 9. The van der Waals surface area contributed by atoms with Gasteiger partial charge in [-0.2, -0.15) is 0 Å². The molecule has 0 saturated heterocycles. The summed E-state index contributed by atoms with van der Waals surface area (Å²) in [6.45, 7) is 1.45. The molecule has 1 saturated carbocycles. The van der Waals surface area contributed by atoms with E-state index in [1.165, 1.54) is 13.3 Å². The number of carboxylic acid groups (broad SMARTS) is 1. The molecular formula is C25H28Cl2N6O3. The summed E-state index contributed by atoms with van der Waals surface area (Å²) >= 11 is 12.4. The van der Waals surface area contributed by atoms with Crippen molar-refractivity contribution in [2.45, 2.75) is 63.6 Å². The maximum absolute atomic E-state index is 11.8. The largest absolute Gasteiger partial charge is 0.481 e. The van der Waals surface area contributed by atoms with E-state index in [4.69, 9.17) is 23.2 Å². The van der Waals surface area contributed by atoms with Crippen LogP contribution in [0.1, 0.15) is 80.5 Å². The summed E-state index contributed by atoms with van der Waals surface area (Å²) in [6.07, 6.45) is 5.19. The van der Waals surface area contributed by atoms with Crippen LogP contribution in [0.5, 0.6) is 0 Å². The lowest BCUT2D eigenvalue weighted by molar-refractivity contribution is -0.137. The van der Waals surface area contributed by atoms with Crippen LogP contribution in [0.2, 0.25) is 10.0 Å². The zero-order chi connectivity index (χ0) is 25.7. The van der Waals surface area contributed by atoms with Crippen LogP contribution in [0.25, 0.3) is 0 Å². The molecule has 0 spiro atoms. The number of hydrogen-bond acceptors (Lipinski definition) is 6. The molecule has 1 amide bonds. The van der Waals surface area contributed by atoms with Crippen LogP contribution >= 0.6 is 23.2 Å². The molecule has 36 heavy (non-hydrogen) atoms. The lowest BCUT2D eigenvalue weighted by Gasteiger charge is -2.28. The van der Waals surface area contributed by atoms with Gasteiger partial charge in [0.2, 0.25) is 5.91 Å². The van der Waals surface area contributed by atoms with Crippen molar-refractivity contribution in [1.29, 1.82) is 0 Å². The average Bonchev–Trinajstić information content (AvgIpc) is 3.34. The summed E-state index contributed by atoms with van der Waals surface area (Å²) in [5.74, 6) is -0.533. The Bertz CT molecular complexity index is 1210. The number of carbonyl (C=O) groups is 2. The quantitative estimate of drug-likeness (QED) is 0.341. The number of nitrogens with one attached hydrogen (secondary N) is 2. The maximum Gasteiger partial charge on any atom is 0.305 e. The average molecular weight is 531 g/mol. The van der Waals surface area contributed by atoms with Crippen LogP contribution < -0.4 is 10.6 Å². The Kier molecular flexibility index (Phi) is 8.56. The van der Waals surface area contributed by atoms with Gasteiger partial charge in [0.1, 0.15) is 0 Å². The van der Waals surface area contributed by atoms with Gasteiger partial charge in [-0.25, -0.2) is 4.68 Å². The maximum atomic E-state index is 11.8. The predicted octanol–water partition coefficient (Wildman–Crippen LogP) is 5.34. The van der Waals surface area contributed by atoms with E-state index < -0.39 is 18.1 Å². The molecule has 2 aromatic carbocycles. The number of aliphatic carboxylic acids is 1. The Balaban J connectivity index is 1.74. The number of nitrogens with zero attached hydrogens (tertiary/aromatic N) is 4. The zero-order valence-corrected chi connectivity index (χ0v) is 21.3. The van der Waals surface area contributed by atoms with Crippen molar-refractivity contribution in [1.82, 2.24) is 25.5 Å². The smallest absolute Gasteiger partial charge is 0.305 e. The van der Waals surface area contributed by atoms with Gasteiger partial charge < -0.3 is 10.4 Å². The fourth-order valence-electron chi connectivity index (χ4n) is 4.64. The van der Waals surface area contributed by atoms with Crippen LogP contribution in [-0.4, -0.2) is 37.2 Å². The summed E-state index contributed by atoms with van der Waals surface area (Å²) in [4.78, 5) is 23.3. The summed E-state index contributed by atoms with van der Waals surface area (Å²) in [7, 11) is 0. The second kappa shape index (κ2) is 11.8. The number of benzene rings is 2. The Morgan fingerprint density at radius 2 is 1.75 bits per heavy atom. The summed E-state index contributed by atoms with van der Waals surface area (Å²) in [5.41, 5.74) is 2.17. The molecule has 4 rings (SSSR count). The zero-order valence-electron chi connectivity index (χ0n) is 19.8. The molecule has 0 aliphatic heterocycles. The van der Waals surface area contributed by atoms with E-state index in [0.717, 1.165) is 31.2 Å². The highest BCUT2D eigenvalue weighted by Crippen LogP contribution is 2.34. The van der Waals surface area contributed by atoms with Gasteiger partial charge in [-0.05, 0) is 58.7 Å². The lowest BCUT2D eigenvalue weighted by atomic mass is 9.94. The van der Waals surface area contributed by atoms with Gasteiger partial charge in [-0.3, -0.25) is 14.9 Å². The SMILES string of the molecule is CC(=O)Nc1ccc(C(NC(CC(=O)O)c2ccc(Cl)c(Cl)c2)c2nnnn2C2CCCCC2)cc1. The first-order valence-electron chi connectivity index (χ1n) is 11.9. The second-order valence-electron chi connectivity index (χ2n) is 9.00. The van der Waals surface area contributed by atoms with Crippen molar-refractivity contribution in [3.8, 4) is 0 Å². The first kappa shape index (κ1) is 26.1. The van der Waals surface area contributed by atoms with Crippen molar-refractivity contribution in [2.24, 2.45) is 0 Å². The van der Waals surface area contributed by atoms with Gasteiger partial charge in [0.15, 0.2) is 5.82 Å². The van der Waals surface area contributed by atoms with Gasteiger partial charge >= 0.3 is 5.97 Å². The molecule has 2 unspecified atom stereocenters. The monoisotopic (exact) mass is 530 g/mol. The molecule has 0 radical (unpaired) electrons. The third-order valence-corrected chi connectivity index (χ3v) is 7.09. The van der Waals surface area contributed by atoms with E-state index in [1.807, 2.05) is 16.8 Å². The number of halogens is 2. The Morgan fingerprint density at radius 1 is 1.06 bits per heavy atom. The number of amides is 1. The Morgan fingerprint density at radius 3 is 2.39 bits per heavy atom. The summed E-state index contributed by atoms with van der Waals surface area (Å²) in [5, 5.41) is 29.3. The Hall–Kier alpha value is -3.01. The van der Waals surface area contributed by atoms with Crippen LogP contribution in [0, 0.1) is 0 Å². The Labute approximate surface area is 219 Å². The van der Waals surface area contributed by atoms with Crippen LogP contribution in [0.3, 0.4) is 0 Å². The van der Waals surface area contributed by atoms with E-state index in [0.29, 0.717) is 27.1 Å². The third-order valence-electron chi connectivity index (χ3n) is 6.35. The highest BCUT2D eigenvalue weighted by Gasteiger charge is 2.29. The number of carboxylic acids is 1. The molecule has 1 fully saturated rings. The van der Waals surface area contributed by atoms with E-state index in [9.17, 15) is 14.7 Å². The fourth-order valence-corrected chi connectivity index (χ4v) is 4.94.